The third-order valence-corrected chi connectivity index (χ3v) is 4.54. The van der Waals surface area contributed by atoms with Gasteiger partial charge in [-0.2, -0.15) is 0 Å². The normalized spacial score (nSPS) is 34.7. The number of nitrogens with zero attached hydrogens (tertiary/aromatic N) is 1. The van der Waals surface area contributed by atoms with E-state index in [2.05, 4.69) is 11.8 Å². The molecule has 94 valence electrons. The molecule has 3 atom stereocenters. The van der Waals surface area contributed by atoms with Gasteiger partial charge in [0.2, 0.25) is 0 Å². The van der Waals surface area contributed by atoms with Gasteiger partial charge >= 0.3 is 0 Å². The lowest BCUT2D eigenvalue weighted by Gasteiger charge is -2.44. The van der Waals surface area contributed by atoms with E-state index in [9.17, 15) is 0 Å². The molecule has 16 heavy (non-hydrogen) atoms. The Morgan fingerprint density at radius 1 is 1.38 bits per heavy atom. The first-order valence-corrected chi connectivity index (χ1v) is 6.81. The van der Waals surface area contributed by atoms with Crippen molar-refractivity contribution in [1.82, 2.24) is 4.90 Å². The van der Waals surface area contributed by atoms with Crippen molar-refractivity contribution in [3.05, 3.63) is 0 Å². The molecule has 2 rings (SSSR count). The van der Waals surface area contributed by atoms with Crippen LogP contribution in [0.4, 0.5) is 0 Å². The number of hydrogen-bond acceptors (Lipinski definition) is 3. The van der Waals surface area contributed by atoms with E-state index in [1.165, 1.54) is 19.3 Å². The molecule has 0 radical (unpaired) electrons. The van der Waals surface area contributed by atoms with Crippen molar-refractivity contribution in [2.24, 2.45) is 17.6 Å². The minimum Gasteiger partial charge on any atom is -0.396 e. The van der Waals surface area contributed by atoms with E-state index in [1.807, 2.05) is 0 Å². The quantitative estimate of drug-likeness (QED) is 0.757. The van der Waals surface area contributed by atoms with Crippen LogP contribution in [0, 0.1) is 11.8 Å². The zero-order valence-corrected chi connectivity index (χ0v) is 10.4. The fourth-order valence-electron chi connectivity index (χ4n) is 3.23. The summed E-state index contributed by atoms with van der Waals surface area (Å²) < 4.78 is 0. The van der Waals surface area contributed by atoms with Crippen molar-refractivity contribution in [2.75, 3.05) is 19.7 Å². The Hall–Kier alpha value is -0.120. The number of likely N-dealkylation sites (tertiary alicyclic amines) is 1. The molecular formula is C13H26N2O. The first kappa shape index (κ1) is 12.3. The SMILES string of the molecule is CC(C1CCC1)N1CC(N)CC(CCO)C1. The van der Waals surface area contributed by atoms with Gasteiger partial charge in [-0.05, 0) is 44.4 Å². The predicted octanol–water partition coefficient (Wildman–Crippen LogP) is 1.21. The standard InChI is InChI=1S/C13H26N2O/c1-10(12-3-2-4-12)15-8-11(5-6-16)7-13(14)9-15/h10-13,16H,2-9,14H2,1H3. The second-order valence-electron chi connectivity index (χ2n) is 5.76. The molecule has 1 saturated heterocycles. The van der Waals surface area contributed by atoms with Crippen LogP contribution in [0.2, 0.25) is 0 Å². The Balaban J connectivity index is 1.87. The molecule has 1 aliphatic heterocycles. The molecular weight excluding hydrogens is 200 g/mol. The van der Waals surface area contributed by atoms with E-state index in [0.717, 1.165) is 31.8 Å². The Bertz CT molecular complexity index is 218. The van der Waals surface area contributed by atoms with Crippen molar-refractivity contribution in [1.29, 1.82) is 0 Å². The van der Waals surface area contributed by atoms with Crippen LogP contribution in [0.15, 0.2) is 0 Å². The molecule has 0 aromatic heterocycles. The summed E-state index contributed by atoms with van der Waals surface area (Å²) in [6.45, 7) is 4.87. The molecule has 1 heterocycles. The average Bonchev–Trinajstić information content (AvgIpc) is 2.14. The summed E-state index contributed by atoms with van der Waals surface area (Å²) in [5, 5.41) is 9.04. The van der Waals surface area contributed by atoms with Crippen LogP contribution < -0.4 is 5.73 Å². The topological polar surface area (TPSA) is 49.5 Å². The predicted molar refractivity (Wildman–Crippen MR) is 66.2 cm³/mol. The zero-order valence-electron chi connectivity index (χ0n) is 10.4. The van der Waals surface area contributed by atoms with Gasteiger partial charge in [-0.15, -0.1) is 0 Å². The summed E-state index contributed by atoms with van der Waals surface area (Å²) in [6, 6.07) is 1.01. The van der Waals surface area contributed by atoms with Gasteiger partial charge in [-0.3, -0.25) is 4.90 Å². The van der Waals surface area contributed by atoms with Gasteiger partial charge < -0.3 is 10.8 Å². The highest BCUT2D eigenvalue weighted by Crippen LogP contribution is 2.33. The molecule has 0 bridgehead atoms. The molecule has 0 aromatic rings. The maximum atomic E-state index is 9.04. The van der Waals surface area contributed by atoms with Crippen LogP contribution in [0.1, 0.15) is 39.0 Å². The number of aliphatic hydroxyl groups is 1. The summed E-state index contributed by atoms with van der Waals surface area (Å²) in [6.07, 6.45) is 6.22. The fourth-order valence-corrected chi connectivity index (χ4v) is 3.23. The number of hydrogen-bond donors (Lipinski definition) is 2. The monoisotopic (exact) mass is 226 g/mol. The van der Waals surface area contributed by atoms with Crippen LogP contribution in [-0.4, -0.2) is 41.8 Å². The first-order chi connectivity index (χ1) is 7.70. The summed E-state index contributed by atoms with van der Waals surface area (Å²) in [5.41, 5.74) is 6.12. The molecule has 0 amide bonds. The molecule has 3 unspecified atom stereocenters. The molecule has 0 spiro atoms. The van der Waals surface area contributed by atoms with E-state index in [0.29, 0.717) is 24.6 Å². The van der Waals surface area contributed by atoms with Crippen molar-refractivity contribution in [3.63, 3.8) is 0 Å². The molecule has 3 N–H and O–H groups in total. The van der Waals surface area contributed by atoms with E-state index in [4.69, 9.17) is 10.8 Å². The van der Waals surface area contributed by atoms with Crippen molar-refractivity contribution in [3.8, 4) is 0 Å². The zero-order chi connectivity index (χ0) is 11.5. The van der Waals surface area contributed by atoms with Gasteiger partial charge in [0.05, 0.1) is 0 Å². The number of rotatable bonds is 4. The molecule has 3 nitrogen and oxygen atoms in total. The summed E-state index contributed by atoms with van der Waals surface area (Å²) in [5.74, 6) is 1.51. The van der Waals surface area contributed by atoms with E-state index in [-0.39, 0.29) is 0 Å². The van der Waals surface area contributed by atoms with Gasteiger partial charge in [0.15, 0.2) is 0 Å². The first-order valence-electron chi connectivity index (χ1n) is 6.81. The number of nitrogens with two attached hydrogens (primary N) is 1. The Morgan fingerprint density at radius 2 is 2.12 bits per heavy atom. The number of piperidine rings is 1. The highest BCUT2D eigenvalue weighted by atomic mass is 16.3. The average molecular weight is 226 g/mol. The Kier molecular flexibility index (Phi) is 4.22. The van der Waals surface area contributed by atoms with Crippen LogP contribution >= 0.6 is 0 Å². The van der Waals surface area contributed by atoms with Crippen LogP contribution in [-0.2, 0) is 0 Å². The molecule has 2 fully saturated rings. The van der Waals surface area contributed by atoms with E-state index < -0.39 is 0 Å². The maximum Gasteiger partial charge on any atom is 0.0434 e. The van der Waals surface area contributed by atoms with Crippen LogP contribution in [0.5, 0.6) is 0 Å². The molecule has 1 aliphatic carbocycles. The van der Waals surface area contributed by atoms with Gasteiger partial charge in [-0.1, -0.05) is 6.42 Å². The lowest BCUT2D eigenvalue weighted by molar-refractivity contribution is 0.0519. The Labute approximate surface area is 99.0 Å². The smallest absolute Gasteiger partial charge is 0.0434 e. The fraction of sp³-hybridized carbons (Fsp3) is 1.00. The van der Waals surface area contributed by atoms with Gasteiger partial charge in [0, 0.05) is 31.8 Å². The second kappa shape index (κ2) is 5.48. The van der Waals surface area contributed by atoms with E-state index >= 15 is 0 Å². The van der Waals surface area contributed by atoms with Crippen molar-refractivity contribution >= 4 is 0 Å². The van der Waals surface area contributed by atoms with Gasteiger partial charge in [-0.25, -0.2) is 0 Å². The van der Waals surface area contributed by atoms with E-state index in [1.54, 1.807) is 0 Å². The minimum absolute atomic E-state index is 0.309. The van der Waals surface area contributed by atoms with Crippen LogP contribution in [0.25, 0.3) is 0 Å². The second-order valence-corrected chi connectivity index (χ2v) is 5.76. The largest absolute Gasteiger partial charge is 0.396 e. The maximum absolute atomic E-state index is 9.04. The Morgan fingerprint density at radius 3 is 2.69 bits per heavy atom. The molecule has 2 aliphatic rings. The highest BCUT2D eigenvalue weighted by Gasteiger charge is 2.33. The highest BCUT2D eigenvalue weighted by molar-refractivity contribution is 4.88. The number of aliphatic hydroxyl groups excluding tert-OH is 1. The molecule has 0 aromatic carbocycles. The summed E-state index contributed by atoms with van der Waals surface area (Å²) in [4.78, 5) is 2.57. The minimum atomic E-state index is 0.309. The molecule has 1 saturated carbocycles. The van der Waals surface area contributed by atoms with Gasteiger partial charge in [0.1, 0.15) is 0 Å². The molecule has 3 heteroatoms. The third-order valence-electron chi connectivity index (χ3n) is 4.54. The van der Waals surface area contributed by atoms with Crippen molar-refractivity contribution in [2.45, 2.75) is 51.1 Å². The van der Waals surface area contributed by atoms with Crippen LogP contribution in [0.3, 0.4) is 0 Å². The third kappa shape index (κ3) is 2.76. The van der Waals surface area contributed by atoms with Gasteiger partial charge in [0.25, 0.3) is 0 Å². The lowest BCUT2D eigenvalue weighted by Crippen LogP contribution is -2.53. The summed E-state index contributed by atoms with van der Waals surface area (Å²) in [7, 11) is 0. The lowest BCUT2D eigenvalue weighted by atomic mass is 9.78. The summed E-state index contributed by atoms with van der Waals surface area (Å²) >= 11 is 0. The van der Waals surface area contributed by atoms with Crippen molar-refractivity contribution < 1.29 is 5.11 Å².